The Labute approximate surface area is 121 Å². The highest BCUT2D eigenvalue weighted by Gasteiger charge is 2.01. The number of hydrogen-bond donors (Lipinski definition) is 1. The molecule has 4 nitrogen and oxygen atoms in total. The molecule has 1 N–H and O–H groups in total. The highest BCUT2D eigenvalue weighted by molar-refractivity contribution is 5.85. The highest BCUT2D eigenvalue weighted by atomic mass is 16.4. The minimum absolute atomic E-state index is 0.877. The summed E-state index contributed by atoms with van der Waals surface area (Å²) in [5.41, 5.74) is 2.12. The van der Waals surface area contributed by atoms with Crippen molar-refractivity contribution < 1.29 is 9.90 Å². The molecule has 0 aliphatic heterocycles. The molecule has 0 atom stereocenters. The second kappa shape index (κ2) is 8.51. The van der Waals surface area contributed by atoms with Crippen LogP contribution in [0.25, 0.3) is 6.08 Å². The van der Waals surface area contributed by atoms with Gasteiger partial charge in [0.05, 0.1) is 0 Å². The molecule has 0 aliphatic rings. The molecular weight excluding hydrogens is 252 g/mol. The van der Waals surface area contributed by atoms with Gasteiger partial charge in [-0.1, -0.05) is 24.3 Å². The van der Waals surface area contributed by atoms with Gasteiger partial charge in [-0.25, -0.2) is 4.79 Å². The Bertz CT molecular complexity index is 456. The smallest absolute Gasteiger partial charge is 0.328 e. The van der Waals surface area contributed by atoms with Crippen molar-refractivity contribution in [3.05, 3.63) is 41.5 Å². The monoisotopic (exact) mass is 276 g/mol. The van der Waals surface area contributed by atoms with Crippen LogP contribution in [0.2, 0.25) is 0 Å². The minimum atomic E-state index is -0.920. The molecule has 20 heavy (non-hydrogen) atoms. The Kier molecular flexibility index (Phi) is 6.98. The van der Waals surface area contributed by atoms with Crippen LogP contribution in [0.5, 0.6) is 0 Å². The molecular formula is C16H24N2O2. The van der Waals surface area contributed by atoms with E-state index in [1.54, 1.807) is 6.08 Å². The van der Waals surface area contributed by atoms with Crippen molar-refractivity contribution in [2.75, 3.05) is 34.2 Å². The molecule has 0 fully saturated rings. The third-order valence-corrected chi connectivity index (χ3v) is 2.97. The molecule has 0 radical (unpaired) electrons. The number of nitrogens with zero attached hydrogens (tertiary/aromatic N) is 2. The minimum Gasteiger partial charge on any atom is -0.478 e. The number of benzene rings is 1. The normalized spacial score (nSPS) is 11.7. The summed E-state index contributed by atoms with van der Waals surface area (Å²) >= 11 is 0. The lowest BCUT2D eigenvalue weighted by molar-refractivity contribution is -0.131. The van der Waals surface area contributed by atoms with Gasteiger partial charge in [-0.05, 0) is 57.9 Å². The topological polar surface area (TPSA) is 43.8 Å². The summed E-state index contributed by atoms with van der Waals surface area (Å²) in [6.07, 6.45) is 3.93. The molecule has 0 saturated heterocycles. The first kappa shape index (κ1) is 16.4. The van der Waals surface area contributed by atoms with Crippen molar-refractivity contribution in [3.63, 3.8) is 0 Å². The third kappa shape index (κ3) is 7.07. The number of hydrogen-bond acceptors (Lipinski definition) is 3. The molecule has 110 valence electrons. The van der Waals surface area contributed by atoms with Crippen molar-refractivity contribution >= 4 is 12.0 Å². The molecule has 0 unspecified atom stereocenters. The molecule has 1 aromatic carbocycles. The summed E-state index contributed by atoms with van der Waals surface area (Å²) in [6.45, 7) is 3.02. The van der Waals surface area contributed by atoms with Crippen LogP contribution in [0.15, 0.2) is 30.3 Å². The predicted octanol–water partition coefficient (Wildman–Crippen LogP) is 2.17. The molecule has 0 aliphatic carbocycles. The number of carbonyl (C=O) groups is 1. The van der Waals surface area contributed by atoms with Gasteiger partial charge in [0.15, 0.2) is 0 Å². The summed E-state index contributed by atoms with van der Waals surface area (Å²) < 4.78 is 0. The zero-order valence-electron chi connectivity index (χ0n) is 12.5. The number of rotatable bonds is 8. The van der Waals surface area contributed by atoms with Gasteiger partial charge >= 0.3 is 5.97 Å². The maximum atomic E-state index is 10.5. The maximum absolute atomic E-state index is 10.5. The zero-order chi connectivity index (χ0) is 15.0. The van der Waals surface area contributed by atoms with E-state index in [9.17, 15) is 4.79 Å². The lowest BCUT2D eigenvalue weighted by Crippen LogP contribution is -2.23. The van der Waals surface area contributed by atoms with E-state index in [1.807, 2.05) is 18.2 Å². The van der Waals surface area contributed by atoms with Crippen LogP contribution in [0, 0.1) is 0 Å². The molecule has 0 amide bonds. The molecule has 0 spiro atoms. The van der Waals surface area contributed by atoms with Crippen LogP contribution in [0.4, 0.5) is 0 Å². The molecule has 0 aromatic heterocycles. The first-order chi connectivity index (χ1) is 9.47. The van der Waals surface area contributed by atoms with E-state index in [-0.39, 0.29) is 0 Å². The van der Waals surface area contributed by atoms with Crippen LogP contribution in [0.3, 0.4) is 0 Å². The predicted molar refractivity (Wildman–Crippen MR) is 82.6 cm³/mol. The molecule has 4 heteroatoms. The van der Waals surface area contributed by atoms with Crippen molar-refractivity contribution in [1.82, 2.24) is 9.80 Å². The number of aliphatic carboxylic acids is 1. The van der Waals surface area contributed by atoms with Crippen molar-refractivity contribution in [2.24, 2.45) is 0 Å². The van der Waals surface area contributed by atoms with E-state index in [2.05, 4.69) is 37.0 Å². The summed E-state index contributed by atoms with van der Waals surface area (Å²) in [7, 11) is 6.27. The van der Waals surface area contributed by atoms with Gasteiger partial charge in [0.1, 0.15) is 0 Å². The van der Waals surface area contributed by atoms with Crippen molar-refractivity contribution in [3.8, 4) is 0 Å². The van der Waals surface area contributed by atoms with Gasteiger partial charge in [0, 0.05) is 12.6 Å². The standard InChI is InChI=1S/C16H24N2O2/c1-17(2)10-5-11-18(3)13-15-7-4-6-14(12-15)8-9-16(19)20/h4,6-9,12H,5,10-11,13H2,1-3H3,(H,19,20). The summed E-state index contributed by atoms with van der Waals surface area (Å²) in [6, 6.07) is 7.97. The van der Waals surface area contributed by atoms with Crippen molar-refractivity contribution in [1.29, 1.82) is 0 Å². The van der Waals surface area contributed by atoms with Gasteiger partial charge in [-0.15, -0.1) is 0 Å². The summed E-state index contributed by atoms with van der Waals surface area (Å²) in [5.74, 6) is -0.920. The van der Waals surface area contributed by atoms with Gasteiger partial charge in [-0.3, -0.25) is 0 Å². The zero-order valence-corrected chi connectivity index (χ0v) is 12.5. The quantitative estimate of drug-likeness (QED) is 0.739. The van der Waals surface area contributed by atoms with E-state index in [1.165, 1.54) is 11.6 Å². The van der Waals surface area contributed by atoms with Crippen LogP contribution in [-0.4, -0.2) is 55.1 Å². The molecule has 0 saturated carbocycles. The fourth-order valence-corrected chi connectivity index (χ4v) is 2.01. The average Bonchev–Trinajstić information content (AvgIpc) is 2.36. The Morgan fingerprint density at radius 1 is 1.25 bits per heavy atom. The van der Waals surface area contributed by atoms with E-state index >= 15 is 0 Å². The lowest BCUT2D eigenvalue weighted by atomic mass is 10.1. The van der Waals surface area contributed by atoms with E-state index in [0.29, 0.717) is 0 Å². The van der Waals surface area contributed by atoms with E-state index < -0.39 is 5.97 Å². The number of carboxylic acid groups (broad SMARTS) is 1. The fraction of sp³-hybridized carbons (Fsp3) is 0.438. The summed E-state index contributed by atoms with van der Waals surface area (Å²) in [5, 5.41) is 8.63. The van der Waals surface area contributed by atoms with Crippen molar-refractivity contribution in [2.45, 2.75) is 13.0 Å². The van der Waals surface area contributed by atoms with Crippen LogP contribution in [0.1, 0.15) is 17.5 Å². The molecule has 1 rings (SSSR count). The highest BCUT2D eigenvalue weighted by Crippen LogP contribution is 2.09. The maximum Gasteiger partial charge on any atom is 0.328 e. The fourth-order valence-electron chi connectivity index (χ4n) is 2.01. The van der Waals surface area contributed by atoms with Gasteiger partial charge in [-0.2, -0.15) is 0 Å². The first-order valence-corrected chi connectivity index (χ1v) is 6.80. The van der Waals surface area contributed by atoms with E-state index in [4.69, 9.17) is 5.11 Å². The Hall–Kier alpha value is -1.65. The first-order valence-electron chi connectivity index (χ1n) is 6.80. The average molecular weight is 276 g/mol. The second-order valence-electron chi connectivity index (χ2n) is 5.31. The van der Waals surface area contributed by atoms with E-state index in [0.717, 1.165) is 31.6 Å². The van der Waals surface area contributed by atoms with Crippen LogP contribution < -0.4 is 0 Å². The van der Waals surface area contributed by atoms with Gasteiger partial charge < -0.3 is 14.9 Å². The second-order valence-corrected chi connectivity index (χ2v) is 5.31. The SMILES string of the molecule is CN(C)CCCN(C)Cc1cccc(C=CC(=O)O)c1. The van der Waals surface area contributed by atoms with Crippen LogP contribution in [-0.2, 0) is 11.3 Å². The largest absolute Gasteiger partial charge is 0.478 e. The van der Waals surface area contributed by atoms with Crippen LogP contribution >= 0.6 is 0 Å². The Morgan fingerprint density at radius 3 is 2.65 bits per heavy atom. The van der Waals surface area contributed by atoms with Gasteiger partial charge in [0.25, 0.3) is 0 Å². The Balaban J connectivity index is 2.50. The third-order valence-electron chi connectivity index (χ3n) is 2.97. The Morgan fingerprint density at radius 2 is 2.00 bits per heavy atom. The number of carboxylic acids is 1. The lowest BCUT2D eigenvalue weighted by Gasteiger charge is -2.18. The molecule has 1 aromatic rings. The molecule has 0 heterocycles. The van der Waals surface area contributed by atoms with Gasteiger partial charge in [0.2, 0.25) is 0 Å². The molecule has 0 bridgehead atoms. The summed E-state index contributed by atoms with van der Waals surface area (Å²) in [4.78, 5) is 15.0.